The van der Waals surface area contributed by atoms with Crippen molar-refractivity contribution in [2.75, 3.05) is 6.54 Å². The normalized spacial score (nSPS) is 13.0. The van der Waals surface area contributed by atoms with Gasteiger partial charge in [-0.1, -0.05) is 12.1 Å². The molecule has 168 valence electrons. The minimum absolute atomic E-state index is 0.0941. The Hall–Kier alpha value is -3.07. The Kier molecular flexibility index (Phi) is 6.94. The van der Waals surface area contributed by atoms with Gasteiger partial charge in [0.2, 0.25) is 11.8 Å². The van der Waals surface area contributed by atoms with Crippen molar-refractivity contribution in [3.05, 3.63) is 62.8 Å². The van der Waals surface area contributed by atoms with Gasteiger partial charge in [-0.15, -0.1) is 11.3 Å². The number of aromatic nitrogens is 2. The van der Waals surface area contributed by atoms with Crippen LogP contribution in [0.1, 0.15) is 41.7 Å². The molecule has 0 bridgehead atoms. The van der Waals surface area contributed by atoms with E-state index in [2.05, 4.69) is 15.6 Å². The fourth-order valence-corrected chi connectivity index (χ4v) is 5.09. The molecule has 7 nitrogen and oxygen atoms in total. The highest BCUT2D eigenvalue weighted by molar-refractivity contribution is 7.18. The standard InChI is InChI=1S/C23H25FN4O3S/c24-16-9-7-15(8-10-16)12-26-19(29)6-3-11-25-20(30)13-28-14-27-22-21(23(28)31)17-4-1-2-5-18(17)32-22/h7-10,14H,1-6,11-13H2,(H,25,30)(H,26,29). The predicted octanol–water partition coefficient (Wildman–Crippen LogP) is 2.69. The predicted molar refractivity (Wildman–Crippen MR) is 121 cm³/mol. The molecule has 1 aliphatic carbocycles. The van der Waals surface area contributed by atoms with E-state index in [1.54, 1.807) is 23.5 Å². The van der Waals surface area contributed by atoms with Crippen LogP contribution in [0.4, 0.5) is 4.39 Å². The van der Waals surface area contributed by atoms with Gasteiger partial charge in [-0.05, 0) is 55.4 Å². The molecule has 2 heterocycles. The van der Waals surface area contributed by atoms with Gasteiger partial charge in [0.1, 0.15) is 17.2 Å². The zero-order chi connectivity index (χ0) is 22.5. The van der Waals surface area contributed by atoms with Gasteiger partial charge in [-0.3, -0.25) is 19.0 Å². The van der Waals surface area contributed by atoms with Crippen LogP contribution in [0.25, 0.3) is 10.2 Å². The molecule has 0 spiro atoms. The molecule has 0 fully saturated rings. The molecule has 2 amide bonds. The number of carbonyl (C=O) groups is 2. The number of rotatable bonds is 8. The molecule has 1 aromatic carbocycles. The molecule has 0 aliphatic heterocycles. The van der Waals surface area contributed by atoms with E-state index in [-0.39, 0.29) is 36.2 Å². The molecule has 2 N–H and O–H groups in total. The van der Waals surface area contributed by atoms with E-state index in [0.717, 1.165) is 41.6 Å². The summed E-state index contributed by atoms with van der Waals surface area (Å²) >= 11 is 1.58. The number of benzene rings is 1. The first-order chi connectivity index (χ1) is 15.5. The molecular weight excluding hydrogens is 431 g/mol. The summed E-state index contributed by atoms with van der Waals surface area (Å²) in [6.45, 7) is 0.570. The SMILES string of the molecule is O=C(CCCNC(=O)Cn1cnc2sc3c(c2c1=O)CCCC3)NCc1ccc(F)cc1. The number of nitrogens with zero attached hydrogens (tertiary/aromatic N) is 2. The lowest BCUT2D eigenvalue weighted by Gasteiger charge is -2.10. The number of aryl methyl sites for hydroxylation is 2. The third kappa shape index (κ3) is 5.21. The molecule has 9 heteroatoms. The third-order valence-electron chi connectivity index (χ3n) is 5.56. The second-order valence-electron chi connectivity index (χ2n) is 7.93. The van der Waals surface area contributed by atoms with Gasteiger partial charge in [-0.25, -0.2) is 9.37 Å². The van der Waals surface area contributed by atoms with Crippen molar-refractivity contribution < 1.29 is 14.0 Å². The van der Waals surface area contributed by atoms with E-state index in [1.807, 2.05) is 0 Å². The van der Waals surface area contributed by atoms with E-state index in [1.165, 1.54) is 27.9 Å². The number of thiophene rings is 1. The third-order valence-corrected chi connectivity index (χ3v) is 6.76. The largest absolute Gasteiger partial charge is 0.355 e. The van der Waals surface area contributed by atoms with E-state index in [4.69, 9.17) is 0 Å². The summed E-state index contributed by atoms with van der Waals surface area (Å²) in [6.07, 6.45) is 6.28. The van der Waals surface area contributed by atoms with Crippen molar-refractivity contribution in [1.29, 1.82) is 0 Å². The number of amides is 2. The maximum absolute atomic E-state index is 12.9. The molecule has 32 heavy (non-hydrogen) atoms. The van der Waals surface area contributed by atoms with Crippen LogP contribution in [0.3, 0.4) is 0 Å². The van der Waals surface area contributed by atoms with Gasteiger partial charge in [0.25, 0.3) is 5.56 Å². The van der Waals surface area contributed by atoms with E-state index in [9.17, 15) is 18.8 Å². The molecule has 0 radical (unpaired) electrons. The molecule has 0 saturated heterocycles. The molecule has 1 aliphatic rings. The van der Waals surface area contributed by atoms with E-state index in [0.29, 0.717) is 24.9 Å². The van der Waals surface area contributed by atoms with Crippen LogP contribution in [0.2, 0.25) is 0 Å². The highest BCUT2D eigenvalue weighted by atomic mass is 32.1. The molecule has 3 aromatic rings. The van der Waals surface area contributed by atoms with Gasteiger partial charge >= 0.3 is 0 Å². The minimum atomic E-state index is -0.316. The first-order valence-electron chi connectivity index (χ1n) is 10.8. The topological polar surface area (TPSA) is 93.1 Å². The lowest BCUT2D eigenvalue weighted by atomic mass is 9.97. The molecule has 0 unspecified atom stereocenters. The zero-order valence-electron chi connectivity index (χ0n) is 17.7. The lowest BCUT2D eigenvalue weighted by molar-refractivity contribution is -0.123. The second kappa shape index (κ2) is 10.0. The van der Waals surface area contributed by atoms with Crippen molar-refractivity contribution >= 4 is 33.4 Å². The minimum Gasteiger partial charge on any atom is -0.355 e. The summed E-state index contributed by atoms with van der Waals surface area (Å²) in [4.78, 5) is 43.5. The molecule has 0 atom stereocenters. The quantitative estimate of drug-likeness (QED) is 0.510. The Morgan fingerprint density at radius 1 is 1.09 bits per heavy atom. The van der Waals surface area contributed by atoms with Crippen molar-refractivity contribution in [2.24, 2.45) is 0 Å². The Bertz CT molecular complexity index is 1190. The summed E-state index contributed by atoms with van der Waals surface area (Å²) in [5.74, 6) is -0.746. The average molecular weight is 457 g/mol. The summed E-state index contributed by atoms with van der Waals surface area (Å²) in [5.41, 5.74) is 1.76. The molecule has 4 rings (SSSR count). The van der Waals surface area contributed by atoms with Crippen LogP contribution in [0, 0.1) is 5.82 Å². The maximum atomic E-state index is 12.9. The number of nitrogens with one attached hydrogen (secondary N) is 2. The van der Waals surface area contributed by atoms with Gasteiger partial charge in [0, 0.05) is 24.4 Å². The van der Waals surface area contributed by atoms with E-state index >= 15 is 0 Å². The second-order valence-corrected chi connectivity index (χ2v) is 9.01. The van der Waals surface area contributed by atoms with Crippen LogP contribution in [-0.2, 0) is 35.5 Å². The highest BCUT2D eigenvalue weighted by Crippen LogP contribution is 2.33. The Balaban J connectivity index is 1.23. The lowest BCUT2D eigenvalue weighted by Crippen LogP contribution is -2.33. The van der Waals surface area contributed by atoms with Crippen LogP contribution < -0.4 is 16.2 Å². The van der Waals surface area contributed by atoms with Gasteiger partial charge in [0.05, 0.1) is 11.7 Å². The van der Waals surface area contributed by atoms with Crippen molar-refractivity contribution in [3.8, 4) is 0 Å². The number of hydrogen-bond donors (Lipinski definition) is 2. The smallest absolute Gasteiger partial charge is 0.262 e. The van der Waals surface area contributed by atoms with E-state index < -0.39 is 0 Å². The zero-order valence-corrected chi connectivity index (χ0v) is 18.5. The highest BCUT2D eigenvalue weighted by Gasteiger charge is 2.20. The molecule has 0 saturated carbocycles. The summed E-state index contributed by atoms with van der Waals surface area (Å²) in [7, 11) is 0. The fourth-order valence-electron chi connectivity index (χ4n) is 3.87. The van der Waals surface area contributed by atoms with Gasteiger partial charge in [0.15, 0.2) is 0 Å². The summed E-state index contributed by atoms with van der Waals surface area (Å²) in [6, 6.07) is 5.94. The Morgan fingerprint density at radius 3 is 2.69 bits per heavy atom. The number of halogens is 1. The number of hydrogen-bond acceptors (Lipinski definition) is 5. The summed E-state index contributed by atoms with van der Waals surface area (Å²) < 4.78 is 14.2. The first-order valence-corrected chi connectivity index (χ1v) is 11.6. The van der Waals surface area contributed by atoms with Crippen LogP contribution in [-0.4, -0.2) is 27.9 Å². The van der Waals surface area contributed by atoms with Crippen LogP contribution in [0.15, 0.2) is 35.4 Å². The summed E-state index contributed by atoms with van der Waals surface area (Å²) in [5, 5.41) is 6.18. The van der Waals surface area contributed by atoms with Crippen molar-refractivity contribution in [1.82, 2.24) is 20.2 Å². The monoisotopic (exact) mass is 456 g/mol. The van der Waals surface area contributed by atoms with Crippen LogP contribution in [0.5, 0.6) is 0 Å². The van der Waals surface area contributed by atoms with Gasteiger partial charge in [-0.2, -0.15) is 0 Å². The number of carbonyl (C=O) groups excluding carboxylic acids is 2. The maximum Gasteiger partial charge on any atom is 0.262 e. The van der Waals surface area contributed by atoms with Crippen molar-refractivity contribution in [2.45, 2.75) is 51.6 Å². The molecule has 2 aromatic heterocycles. The number of fused-ring (bicyclic) bond motifs is 3. The first kappa shape index (κ1) is 22.1. The Labute approximate surface area is 188 Å². The molecular formula is C23H25FN4O3S. The van der Waals surface area contributed by atoms with Crippen molar-refractivity contribution in [3.63, 3.8) is 0 Å². The average Bonchev–Trinajstić information content (AvgIpc) is 3.17. The Morgan fingerprint density at radius 2 is 1.88 bits per heavy atom. The fraction of sp³-hybridized carbons (Fsp3) is 0.391. The van der Waals surface area contributed by atoms with Crippen LogP contribution >= 0.6 is 11.3 Å². The van der Waals surface area contributed by atoms with Gasteiger partial charge < -0.3 is 10.6 Å².